The van der Waals surface area contributed by atoms with Crippen LogP contribution in [0.5, 0.6) is 0 Å². The Balaban J connectivity index is 2.25. The summed E-state index contributed by atoms with van der Waals surface area (Å²) in [7, 11) is -3.28. The molecule has 0 aliphatic carbocycles. The van der Waals surface area contributed by atoms with Crippen molar-refractivity contribution in [3.8, 4) is 0 Å². The van der Waals surface area contributed by atoms with Crippen molar-refractivity contribution in [2.75, 3.05) is 22.4 Å². The van der Waals surface area contributed by atoms with Crippen LogP contribution in [0.25, 0.3) is 0 Å². The third-order valence-corrected chi connectivity index (χ3v) is 3.14. The molecule has 6 heteroatoms. The number of hydrogen-bond acceptors (Lipinski definition) is 3. The fraction of sp³-hybridized carbons (Fsp3) is 0.364. The minimum absolute atomic E-state index is 0.0847. The van der Waals surface area contributed by atoms with Gasteiger partial charge in [-0.3, -0.25) is 9.52 Å². The summed E-state index contributed by atoms with van der Waals surface area (Å²) in [5.74, 6) is 0.0847. The maximum absolute atomic E-state index is 11.6. The van der Waals surface area contributed by atoms with Gasteiger partial charge in [0.15, 0.2) is 0 Å². The zero-order valence-corrected chi connectivity index (χ0v) is 10.3. The molecule has 1 aliphatic heterocycles. The lowest BCUT2D eigenvalue weighted by atomic mass is 10.2. The number of nitrogens with one attached hydrogen (secondary N) is 1. The van der Waals surface area contributed by atoms with Crippen LogP contribution >= 0.6 is 0 Å². The van der Waals surface area contributed by atoms with Crippen molar-refractivity contribution in [3.05, 3.63) is 24.3 Å². The van der Waals surface area contributed by atoms with Crippen molar-refractivity contribution in [3.63, 3.8) is 0 Å². The van der Waals surface area contributed by atoms with E-state index in [4.69, 9.17) is 0 Å². The third kappa shape index (κ3) is 2.97. The molecular weight excluding hydrogens is 240 g/mol. The molecule has 92 valence electrons. The molecule has 0 saturated carbocycles. The fourth-order valence-corrected chi connectivity index (χ4v) is 2.43. The van der Waals surface area contributed by atoms with Crippen LogP contribution in [0.3, 0.4) is 0 Å². The van der Waals surface area contributed by atoms with E-state index in [1.165, 1.54) is 0 Å². The summed E-state index contributed by atoms with van der Waals surface area (Å²) in [6.07, 6.45) is 2.51. The molecule has 1 saturated heterocycles. The zero-order chi connectivity index (χ0) is 12.5. The van der Waals surface area contributed by atoms with Gasteiger partial charge in [-0.2, -0.15) is 0 Å². The first-order chi connectivity index (χ1) is 7.96. The van der Waals surface area contributed by atoms with Crippen LogP contribution in [0.15, 0.2) is 24.3 Å². The molecule has 1 aromatic rings. The van der Waals surface area contributed by atoms with Crippen LogP contribution in [0.1, 0.15) is 12.8 Å². The molecule has 1 amide bonds. The van der Waals surface area contributed by atoms with E-state index in [0.717, 1.165) is 18.4 Å². The van der Waals surface area contributed by atoms with Gasteiger partial charge in [-0.1, -0.05) is 6.07 Å². The average molecular weight is 254 g/mol. The van der Waals surface area contributed by atoms with Gasteiger partial charge in [0.05, 0.1) is 11.9 Å². The number of hydrogen-bond donors (Lipinski definition) is 1. The number of benzene rings is 1. The molecule has 5 nitrogen and oxygen atoms in total. The molecule has 1 N–H and O–H groups in total. The van der Waals surface area contributed by atoms with Gasteiger partial charge in [-0.15, -0.1) is 0 Å². The zero-order valence-electron chi connectivity index (χ0n) is 9.51. The number of rotatable bonds is 3. The Morgan fingerprint density at radius 1 is 1.35 bits per heavy atom. The van der Waals surface area contributed by atoms with E-state index in [9.17, 15) is 13.2 Å². The Bertz CT molecular complexity index is 539. The van der Waals surface area contributed by atoms with Crippen molar-refractivity contribution in [2.45, 2.75) is 12.8 Å². The molecule has 0 bridgehead atoms. The molecule has 17 heavy (non-hydrogen) atoms. The molecule has 2 rings (SSSR count). The van der Waals surface area contributed by atoms with Gasteiger partial charge in [-0.05, 0) is 24.6 Å². The lowest BCUT2D eigenvalue weighted by Crippen LogP contribution is -2.23. The van der Waals surface area contributed by atoms with Gasteiger partial charge >= 0.3 is 0 Å². The third-order valence-electron chi connectivity index (χ3n) is 2.53. The van der Waals surface area contributed by atoms with Crippen LogP contribution < -0.4 is 9.62 Å². The lowest BCUT2D eigenvalue weighted by Gasteiger charge is -2.16. The van der Waals surface area contributed by atoms with E-state index >= 15 is 0 Å². The van der Waals surface area contributed by atoms with Crippen LogP contribution in [0, 0.1) is 0 Å². The van der Waals surface area contributed by atoms with E-state index in [1.807, 2.05) is 0 Å². The second kappa shape index (κ2) is 4.37. The van der Waals surface area contributed by atoms with Crippen molar-refractivity contribution in [1.82, 2.24) is 0 Å². The van der Waals surface area contributed by atoms with E-state index in [1.54, 1.807) is 29.2 Å². The normalized spacial score (nSPS) is 16.3. The first-order valence-corrected chi connectivity index (χ1v) is 7.23. The predicted molar refractivity (Wildman–Crippen MR) is 66.5 cm³/mol. The summed E-state index contributed by atoms with van der Waals surface area (Å²) in [6, 6.07) is 6.86. The van der Waals surface area contributed by atoms with Crippen LogP contribution in [-0.4, -0.2) is 27.1 Å². The summed E-state index contributed by atoms with van der Waals surface area (Å²) in [5.41, 5.74) is 1.21. The topological polar surface area (TPSA) is 66.5 Å². The highest BCUT2D eigenvalue weighted by Crippen LogP contribution is 2.24. The molecule has 0 unspecified atom stereocenters. The Kier molecular flexibility index (Phi) is 3.06. The minimum Gasteiger partial charge on any atom is -0.312 e. The monoisotopic (exact) mass is 254 g/mol. The SMILES string of the molecule is CS(=O)(=O)Nc1cccc(N2CCCC2=O)c1. The quantitative estimate of drug-likeness (QED) is 0.881. The minimum atomic E-state index is -3.28. The van der Waals surface area contributed by atoms with Gasteiger partial charge in [0, 0.05) is 18.7 Å². The first-order valence-electron chi connectivity index (χ1n) is 5.34. The predicted octanol–water partition coefficient (Wildman–Crippen LogP) is 1.18. The molecule has 0 aromatic heterocycles. The molecule has 0 spiro atoms. The summed E-state index contributed by atoms with van der Waals surface area (Å²) >= 11 is 0. The van der Waals surface area contributed by atoms with Crippen LogP contribution in [0.2, 0.25) is 0 Å². The summed E-state index contributed by atoms with van der Waals surface area (Å²) < 4.78 is 24.6. The summed E-state index contributed by atoms with van der Waals surface area (Å²) in [5, 5.41) is 0. The summed E-state index contributed by atoms with van der Waals surface area (Å²) in [6.45, 7) is 0.696. The van der Waals surface area contributed by atoms with Crippen LogP contribution in [0.4, 0.5) is 11.4 Å². The van der Waals surface area contributed by atoms with Gasteiger partial charge in [-0.25, -0.2) is 8.42 Å². The molecular formula is C11H14N2O3S. The highest BCUT2D eigenvalue weighted by atomic mass is 32.2. The summed E-state index contributed by atoms with van der Waals surface area (Å²) in [4.78, 5) is 13.2. The van der Waals surface area contributed by atoms with E-state index in [0.29, 0.717) is 18.7 Å². The number of nitrogens with zero attached hydrogens (tertiary/aromatic N) is 1. The van der Waals surface area contributed by atoms with Crippen molar-refractivity contribution in [1.29, 1.82) is 0 Å². The maximum atomic E-state index is 11.6. The maximum Gasteiger partial charge on any atom is 0.229 e. The van der Waals surface area contributed by atoms with E-state index in [2.05, 4.69) is 4.72 Å². The highest BCUT2D eigenvalue weighted by molar-refractivity contribution is 7.92. The molecule has 1 aliphatic rings. The fourth-order valence-electron chi connectivity index (χ4n) is 1.87. The molecule has 1 aromatic carbocycles. The second-order valence-corrected chi connectivity index (χ2v) is 5.82. The number of carbonyl (C=O) groups excluding carboxylic acids is 1. The Hall–Kier alpha value is -1.56. The van der Waals surface area contributed by atoms with Crippen LogP contribution in [-0.2, 0) is 14.8 Å². The Morgan fingerprint density at radius 2 is 2.12 bits per heavy atom. The lowest BCUT2D eigenvalue weighted by molar-refractivity contribution is -0.117. The number of anilines is 2. The van der Waals surface area contributed by atoms with Gasteiger partial charge in [0.2, 0.25) is 15.9 Å². The van der Waals surface area contributed by atoms with Gasteiger partial charge in [0.1, 0.15) is 0 Å². The Labute approximate surface area is 100 Å². The number of carbonyl (C=O) groups is 1. The van der Waals surface area contributed by atoms with Gasteiger partial charge in [0.25, 0.3) is 0 Å². The van der Waals surface area contributed by atoms with Crippen molar-refractivity contribution in [2.24, 2.45) is 0 Å². The smallest absolute Gasteiger partial charge is 0.229 e. The van der Waals surface area contributed by atoms with Crippen molar-refractivity contribution >= 4 is 27.3 Å². The molecule has 0 atom stereocenters. The number of amides is 1. The molecule has 1 fully saturated rings. The first kappa shape index (κ1) is 11.9. The van der Waals surface area contributed by atoms with Crippen molar-refractivity contribution < 1.29 is 13.2 Å². The number of sulfonamides is 1. The van der Waals surface area contributed by atoms with E-state index in [-0.39, 0.29) is 5.91 Å². The second-order valence-electron chi connectivity index (χ2n) is 4.07. The molecule has 0 radical (unpaired) electrons. The van der Waals surface area contributed by atoms with Gasteiger partial charge < -0.3 is 4.90 Å². The van der Waals surface area contributed by atoms with E-state index < -0.39 is 10.0 Å². The molecule has 1 heterocycles. The Morgan fingerprint density at radius 3 is 2.71 bits per heavy atom. The average Bonchev–Trinajstić information content (AvgIpc) is 2.62. The standard InChI is InChI=1S/C11H14N2O3S/c1-17(15,16)12-9-4-2-5-10(8-9)13-7-3-6-11(13)14/h2,4-5,8,12H,3,6-7H2,1H3. The largest absolute Gasteiger partial charge is 0.312 e. The highest BCUT2D eigenvalue weighted by Gasteiger charge is 2.21.